The van der Waals surface area contributed by atoms with E-state index >= 15 is 0 Å². The van der Waals surface area contributed by atoms with E-state index in [-0.39, 0.29) is 0 Å². The second-order valence-corrected chi connectivity index (χ2v) is 10.4. The van der Waals surface area contributed by atoms with Gasteiger partial charge in [-0.1, -0.05) is 69.6 Å². The van der Waals surface area contributed by atoms with Gasteiger partial charge < -0.3 is 15.2 Å². The molecule has 0 saturated heterocycles. The van der Waals surface area contributed by atoms with Gasteiger partial charge in [-0.25, -0.2) is 4.98 Å². The number of pyridine rings is 2. The van der Waals surface area contributed by atoms with Crippen molar-refractivity contribution < 1.29 is 0 Å². The van der Waals surface area contributed by atoms with Gasteiger partial charge in [0.05, 0.1) is 5.52 Å². The Kier molecular flexibility index (Phi) is 18.7. The van der Waals surface area contributed by atoms with E-state index in [1.54, 1.807) is 18.3 Å². The Morgan fingerprint density at radius 1 is 0.889 bits per heavy atom. The molecule has 0 aliphatic carbocycles. The summed E-state index contributed by atoms with van der Waals surface area (Å²) in [5.74, 6) is 0.924. The average molecular weight is 647 g/mol. The molecule has 2 aromatic carbocycles. The molecule has 45 heavy (non-hydrogen) atoms. The lowest BCUT2D eigenvalue weighted by atomic mass is 10.1. The number of nitrogens with zero attached hydrogens (tertiary/aromatic N) is 4. The molecule has 0 aliphatic rings. The SMILES string of the molecule is C=C/C=C(\C)N.CC.CC.CCN(Cc1ccncc1)c1ccc(Cl)cc1C.Cc1cn(-c2ccccn2)c2ccc(Cl)cc12. The molecule has 3 heterocycles. The highest BCUT2D eigenvalue weighted by atomic mass is 35.5. The van der Waals surface area contributed by atoms with E-state index in [4.69, 9.17) is 28.9 Å². The zero-order chi connectivity index (χ0) is 33.8. The molecule has 7 heteroatoms. The molecular weight excluding hydrogens is 597 g/mol. The van der Waals surface area contributed by atoms with Crippen LogP contribution in [-0.2, 0) is 6.54 Å². The Morgan fingerprint density at radius 2 is 1.53 bits per heavy atom. The summed E-state index contributed by atoms with van der Waals surface area (Å²) in [4.78, 5) is 10.7. The molecule has 0 fully saturated rings. The standard InChI is InChI=1S/C15H17ClN2.C14H11ClN2.C5H9N.2C2H6/c1-3-18(11-13-6-8-17-9-7-13)15-5-4-14(16)10-12(15)2;1-10-9-17(14-4-2-3-7-16-14)13-6-5-11(15)8-12(10)13;1-3-4-5(2)6;2*1-2/h4-10H,3,11H2,1-2H3;2-9H,1H3;3-4H,1,6H2,2H3;2*1-2H3/b;;5-4+;;. The summed E-state index contributed by atoms with van der Waals surface area (Å²) < 4.78 is 2.08. The molecule has 0 radical (unpaired) electrons. The van der Waals surface area contributed by atoms with Crippen molar-refractivity contribution in [3.63, 3.8) is 0 Å². The quantitative estimate of drug-likeness (QED) is 0.187. The first-order valence-corrected chi connectivity index (χ1v) is 16.1. The van der Waals surface area contributed by atoms with Crippen molar-refractivity contribution in [2.75, 3.05) is 11.4 Å². The van der Waals surface area contributed by atoms with E-state index in [9.17, 15) is 0 Å². The van der Waals surface area contributed by atoms with Crippen LogP contribution in [0.1, 0.15) is 58.2 Å². The summed E-state index contributed by atoms with van der Waals surface area (Å²) in [5.41, 5.74) is 12.0. The third-order valence-corrected chi connectivity index (χ3v) is 6.72. The number of fused-ring (bicyclic) bond motifs is 1. The van der Waals surface area contributed by atoms with Crippen LogP contribution < -0.4 is 10.6 Å². The predicted molar refractivity (Wildman–Crippen MR) is 199 cm³/mol. The number of nitrogens with two attached hydrogens (primary N) is 1. The topological polar surface area (TPSA) is 60.0 Å². The first-order valence-electron chi connectivity index (χ1n) is 15.4. The van der Waals surface area contributed by atoms with Crippen molar-refractivity contribution in [2.24, 2.45) is 5.73 Å². The summed E-state index contributed by atoms with van der Waals surface area (Å²) in [6.45, 7) is 21.5. The van der Waals surface area contributed by atoms with Crippen molar-refractivity contribution in [2.45, 2.75) is 61.9 Å². The third kappa shape index (κ3) is 12.8. The molecule has 0 saturated carbocycles. The minimum absolute atomic E-state index is 0.763. The number of hydrogen-bond acceptors (Lipinski definition) is 4. The van der Waals surface area contributed by atoms with Gasteiger partial charge in [0.1, 0.15) is 5.82 Å². The zero-order valence-corrected chi connectivity index (χ0v) is 29.6. The van der Waals surface area contributed by atoms with Crippen LogP contribution in [0, 0.1) is 13.8 Å². The summed E-state index contributed by atoms with van der Waals surface area (Å²) in [5, 5.41) is 2.72. The maximum absolute atomic E-state index is 6.02. The Labute approximate surface area is 281 Å². The lowest BCUT2D eigenvalue weighted by Gasteiger charge is -2.25. The molecule has 0 amide bonds. The van der Waals surface area contributed by atoms with Crippen molar-refractivity contribution in [3.8, 4) is 5.82 Å². The zero-order valence-electron chi connectivity index (χ0n) is 28.1. The van der Waals surface area contributed by atoms with Crippen LogP contribution in [-0.4, -0.2) is 21.1 Å². The van der Waals surface area contributed by atoms with Gasteiger partial charge in [-0.2, -0.15) is 0 Å². The number of aromatic nitrogens is 3. The number of rotatable bonds is 6. The summed E-state index contributed by atoms with van der Waals surface area (Å²) in [6, 6.07) is 22.0. The van der Waals surface area contributed by atoms with Gasteiger partial charge in [0.2, 0.25) is 0 Å². The van der Waals surface area contributed by atoms with Gasteiger partial charge in [0, 0.05) is 64.7 Å². The third-order valence-electron chi connectivity index (χ3n) is 6.25. The average Bonchev–Trinajstić information content (AvgIpc) is 3.39. The number of benzene rings is 2. The number of anilines is 1. The minimum Gasteiger partial charge on any atom is -0.402 e. The van der Waals surface area contributed by atoms with Crippen LogP contribution in [0.4, 0.5) is 5.69 Å². The van der Waals surface area contributed by atoms with Crippen molar-refractivity contribution in [3.05, 3.63) is 143 Å². The number of aryl methyl sites for hydroxylation is 2. The van der Waals surface area contributed by atoms with Gasteiger partial charge >= 0.3 is 0 Å². The number of halogens is 2. The largest absolute Gasteiger partial charge is 0.402 e. The maximum Gasteiger partial charge on any atom is 0.137 e. The van der Waals surface area contributed by atoms with E-state index in [1.165, 1.54) is 27.8 Å². The Morgan fingerprint density at radius 3 is 2.07 bits per heavy atom. The highest BCUT2D eigenvalue weighted by Gasteiger charge is 2.09. The van der Waals surface area contributed by atoms with E-state index in [1.807, 2.05) is 108 Å². The lowest BCUT2D eigenvalue weighted by molar-refractivity contribution is 0.826. The van der Waals surface area contributed by atoms with E-state index < -0.39 is 0 Å². The van der Waals surface area contributed by atoms with E-state index in [2.05, 4.69) is 59.0 Å². The molecule has 0 bridgehead atoms. The molecule has 0 aliphatic heterocycles. The van der Waals surface area contributed by atoms with E-state index in [0.717, 1.165) is 40.2 Å². The second kappa shape index (κ2) is 21.6. The van der Waals surface area contributed by atoms with Gasteiger partial charge in [-0.15, -0.1) is 0 Å². The second-order valence-electron chi connectivity index (χ2n) is 9.48. The van der Waals surface area contributed by atoms with Crippen LogP contribution >= 0.6 is 23.2 Å². The normalized spacial score (nSPS) is 10.0. The fraction of sp³-hybridized carbons (Fsp3) is 0.263. The fourth-order valence-electron chi connectivity index (χ4n) is 4.29. The van der Waals surface area contributed by atoms with Crippen molar-refractivity contribution in [1.29, 1.82) is 0 Å². The Balaban J connectivity index is 0.000000350. The monoisotopic (exact) mass is 645 g/mol. The van der Waals surface area contributed by atoms with Gasteiger partial charge in [0.25, 0.3) is 0 Å². The smallest absolute Gasteiger partial charge is 0.137 e. The first kappa shape index (κ1) is 39.0. The molecule has 0 unspecified atom stereocenters. The van der Waals surface area contributed by atoms with Crippen LogP contribution in [0.25, 0.3) is 16.7 Å². The maximum atomic E-state index is 6.02. The van der Waals surface area contributed by atoms with Crippen molar-refractivity contribution >= 4 is 39.8 Å². The molecule has 5 rings (SSSR count). The fourth-order valence-corrected chi connectivity index (χ4v) is 4.69. The summed E-state index contributed by atoms with van der Waals surface area (Å²) in [6.07, 6.45) is 11.0. The van der Waals surface area contributed by atoms with Gasteiger partial charge in [-0.05, 0) is 111 Å². The molecule has 5 nitrogen and oxygen atoms in total. The Bertz CT molecular complexity index is 1570. The molecular formula is C38H49Cl2N5. The Hall–Kier alpha value is -4.06. The molecule has 0 spiro atoms. The van der Waals surface area contributed by atoms with Crippen LogP contribution in [0.15, 0.2) is 116 Å². The molecule has 0 atom stereocenters. The van der Waals surface area contributed by atoms with Crippen molar-refractivity contribution in [1.82, 2.24) is 14.5 Å². The molecule has 5 aromatic rings. The van der Waals surface area contributed by atoms with E-state index in [0.29, 0.717) is 0 Å². The first-order chi connectivity index (χ1) is 21.7. The predicted octanol–water partition coefficient (Wildman–Crippen LogP) is 11.1. The molecule has 240 valence electrons. The van der Waals surface area contributed by atoms with Crippen LogP contribution in [0.5, 0.6) is 0 Å². The summed E-state index contributed by atoms with van der Waals surface area (Å²) in [7, 11) is 0. The molecule has 2 N–H and O–H groups in total. The van der Waals surface area contributed by atoms with Gasteiger partial charge in [-0.3, -0.25) is 4.98 Å². The lowest BCUT2D eigenvalue weighted by Crippen LogP contribution is -2.22. The van der Waals surface area contributed by atoms with Crippen LogP contribution in [0.2, 0.25) is 10.0 Å². The minimum atomic E-state index is 0.763. The number of allylic oxidation sites excluding steroid dienone is 3. The highest BCUT2D eigenvalue weighted by molar-refractivity contribution is 6.31. The molecule has 3 aromatic heterocycles. The van der Waals surface area contributed by atoms with Gasteiger partial charge in [0.15, 0.2) is 0 Å². The van der Waals surface area contributed by atoms with Crippen LogP contribution in [0.3, 0.4) is 0 Å². The highest BCUT2D eigenvalue weighted by Crippen LogP contribution is 2.27. The summed E-state index contributed by atoms with van der Waals surface area (Å²) >= 11 is 12.0. The number of hydrogen-bond donors (Lipinski definition) is 1.